The van der Waals surface area contributed by atoms with E-state index in [0.717, 1.165) is 0 Å². The lowest BCUT2D eigenvalue weighted by molar-refractivity contribution is -0.146. The van der Waals surface area contributed by atoms with Crippen LogP contribution < -0.4 is 10.1 Å². The molecule has 110 valence electrons. The predicted octanol–water partition coefficient (Wildman–Crippen LogP) is -0.0481. The Hall–Kier alpha value is -2.59. The van der Waals surface area contributed by atoms with Crippen LogP contribution in [0.2, 0.25) is 0 Å². The number of hydrogen-bond acceptors (Lipinski definition) is 5. The van der Waals surface area contributed by atoms with Gasteiger partial charge in [-0.3, -0.25) is 14.5 Å². The van der Waals surface area contributed by atoms with Crippen molar-refractivity contribution in [2.24, 2.45) is 0 Å². The fourth-order valence-electron chi connectivity index (χ4n) is 2.29. The highest BCUT2D eigenvalue weighted by atomic mass is 16.5. The molecule has 1 aromatic carbocycles. The summed E-state index contributed by atoms with van der Waals surface area (Å²) in [5, 5.41) is 20.7. The largest absolute Gasteiger partial charge is 0.496 e. The Labute approximate surface area is 121 Å². The van der Waals surface area contributed by atoms with Gasteiger partial charge in [0.05, 0.1) is 25.3 Å². The third-order valence-electron chi connectivity index (χ3n) is 3.35. The van der Waals surface area contributed by atoms with Crippen molar-refractivity contribution in [3.05, 3.63) is 29.3 Å². The highest BCUT2D eigenvalue weighted by molar-refractivity contribution is 5.83. The molecule has 1 saturated heterocycles. The molecule has 2 N–H and O–H groups in total. The molecule has 1 aliphatic rings. The Balaban J connectivity index is 2.28. The molecule has 0 aliphatic carbocycles. The van der Waals surface area contributed by atoms with Gasteiger partial charge in [0.1, 0.15) is 11.8 Å². The van der Waals surface area contributed by atoms with E-state index in [1.807, 2.05) is 6.07 Å². The SMILES string of the molecule is COc1ccc(C#N)cc1CN1CC(=O)NCC1C(=O)O. The van der Waals surface area contributed by atoms with Crippen LogP contribution in [0.15, 0.2) is 18.2 Å². The predicted molar refractivity (Wildman–Crippen MR) is 72.6 cm³/mol. The van der Waals surface area contributed by atoms with Gasteiger partial charge in [0, 0.05) is 18.7 Å². The van der Waals surface area contributed by atoms with E-state index in [-0.39, 0.29) is 25.5 Å². The van der Waals surface area contributed by atoms with Crippen LogP contribution in [-0.2, 0) is 16.1 Å². The summed E-state index contributed by atoms with van der Waals surface area (Å²) in [4.78, 5) is 24.3. The summed E-state index contributed by atoms with van der Waals surface area (Å²) in [5.41, 5.74) is 1.14. The number of nitrogens with one attached hydrogen (secondary N) is 1. The average molecular weight is 289 g/mol. The van der Waals surface area contributed by atoms with Crippen LogP contribution in [0.5, 0.6) is 5.75 Å². The molecule has 2 rings (SSSR count). The van der Waals surface area contributed by atoms with Gasteiger partial charge < -0.3 is 15.2 Å². The van der Waals surface area contributed by atoms with Crippen LogP contribution >= 0.6 is 0 Å². The number of benzene rings is 1. The molecular weight excluding hydrogens is 274 g/mol. The van der Waals surface area contributed by atoms with Crippen LogP contribution in [0.3, 0.4) is 0 Å². The molecule has 1 fully saturated rings. The Morgan fingerprint density at radius 1 is 1.62 bits per heavy atom. The van der Waals surface area contributed by atoms with Gasteiger partial charge in [-0.1, -0.05) is 0 Å². The summed E-state index contributed by atoms with van der Waals surface area (Å²) in [6.45, 7) is 0.286. The van der Waals surface area contributed by atoms with Gasteiger partial charge in [0.15, 0.2) is 0 Å². The second kappa shape index (κ2) is 6.24. The van der Waals surface area contributed by atoms with Crippen LogP contribution in [0, 0.1) is 11.3 Å². The Morgan fingerprint density at radius 2 is 2.38 bits per heavy atom. The Kier molecular flexibility index (Phi) is 4.40. The number of amides is 1. The number of nitrogens with zero attached hydrogens (tertiary/aromatic N) is 2. The first-order valence-electron chi connectivity index (χ1n) is 6.35. The first-order chi connectivity index (χ1) is 10.0. The molecular formula is C14H15N3O4. The van der Waals surface area contributed by atoms with Crippen LogP contribution in [0.1, 0.15) is 11.1 Å². The maximum atomic E-state index is 11.5. The smallest absolute Gasteiger partial charge is 0.322 e. The highest BCUT2D eigenvalue weighted by Gasteiger charge is 2.32. The third kappa shape index (κ3) is 3.30. The third-order valence-corrected chi connectivity index (χ3v) is 3.35. The number of aliphatic carboxylic acids is 1. The molecule has 0 saturated carbocycles. The van der Waals surface area contributed by atoms with Crippen molar-refractivity contribution in [2.45, 2.75) is 12.6 Å². The number of rotatable bonds is 4. The van der Waals surface area contributed by atoms with E-state index in [9.17, 15) is 14.7 Å². The number of ether oxygens (including phenoxy) is 1. The summed E-state index contributed by atoms with van der Waals surface area (Å²) < 4.78 is 5.22. The maximum Gasteiger partial charge on any atom is 0.322 e. The van der Waals surface area contributed by atoms with Gasteiger partial charge in [0.25, 0.3) is 0 Å². The number of hydrogen-bond donors (Lipinski definition) is 2. The Morgan fingerprint density at radius 3 is 3.00 bits per heavy atom. The van der Waals surface area contributed by atoms with Crippen molar-refractivity contribution in [1.82, 2.24) is 10.2 Å². The lowest BCUT2D eigenvalue weighted by Crippen LogP contribution is -2.56. The van der Waals surface area contributed by atoms with Gasteiger partial charge in [-0.05, 0) is 18.2 Å². The fraction of sp³-hybridized carbons (Fsp3) is 0.357. The van der Waals surface area contributed by atoms with Crippen molar-refractivity contribution in [3.63, 3.8) is 0 Å². The molecule has 1 aliphatic heterocycles. The molecule has 1 amide bonds. The number of nitriles is 1. The molecule has 0 spiro atoms. The molecule has 7 nitrogen and oxygen atoms in total. The molecule has 0 aromatic heterocycles. The summed E-state index contributed by atoms with van der Waals surface area (Å²) in [6, 6.07) is 6.16. The summed E-state index contributed by atoms with van der Waals surface area (Å²) in [5.74, 6) is -0.655. The van der Waals surface area contributed by atoms with Gasteiger partial charge in [0.2, 0.25) is 5.91 Å². The van der Waals surface area contributed by atoms with E-state index in [2.05, 4.69) is 5.32 Å². The van der Waals surface area contributed by atoms with Crippen molar-refractivity contribution in [2.75, 3.05) is 20.2 Å². The molecule has 1 atom stereocenters. The summed E-state index contributed by atoms with van der Waals surface area (Å²) in [6.07, 6.45) is 0. The molecule has 0 bridgehead atoms. The van der Waals surface area contributed by atoms with Crippen molar-refractivity contribution in [1.29, 1.82) is 5.26 Å². The molecule has 1 heterocycles. The second-order valence-corrected chi connectivity index (χ2v) is 4.70. The number of piperazine rings is 1. The standard InChI is InChI=1S/C14H15N3O4/c1-21-12-3-2-9(5-15)4-10(12)7-17-8-13(18)16-6-11(17)14(19)20/h2-4,11H,6-8H2,1H3,(H,16,18)(H,19,20). The van der Waals surface area contributed by atoms with Gasteiger partial charge in [-0.25, -0.2) is 0 Å². The van der Waals surface area contributed by atoms with Crippen molar-refractivity contribution < 1.29 is 19.4 Å². The summed E-state index contributed by atoms with van der Waals surface area (Å²) >= 11 is 0. The minimum absolute atomic E-state index is 0.00307. The Bertz CT molecular complexity index is 609. The molecule has 1 aromatic rings. The van der Waals surface area contributed by atoms with E-state index in [4.69, 9.17) is 10.00 Å². The van der Waals surface area contributed by atoms with Crippen molar-refractivity contribution in [3.8, 4) is 11.8 Å². The van der Waals surface area contributed by atoms with Gasteiger partial charge in [-0.2, -0.15) is 5.26 Å². The van der Waals surface area contributed by atoms with Gasteiger partial charge >= 0.3 is 5.97 Å². The number of carboxylic acids is 1. The minimum atomic E-state index is -0.995. The lowest BCUT2D eigenvalue weighted by atomic mass is 10.1. The highest BCUT2D eigenvalue weighted by Crippen LogP contribution is 2.22. The minimum Gasteiger partial charge on any atom is -0.496 e. The first-order valence-corrected chi connectivity index (χ1v) is 6.35. The zero-order valence-electron chi connectivity index (χ0n) is 11.5. The summed E-state index contributed by atoms with van der Waals surface area (Å²) in [7, 11) is 1.50. The number of methoxy groups -OCH3 is 1. The fourth-order valence-corrected chi connectivity index (χ4v) is 2.29. The van der Waals surface area contributed by atoms with Gasteiger partial charge in [-0.15, -0.1) is 0 Å². The average Bonchev–Trinajstić information content (AvgIpc) is 2.47. The molecule has 1 unspecified atom stereocenters. The van der Waals surface area contributed by atoms with E-state index in [1.54, 1.807) is 23.1 Å². The first kappa shape index (κ1) is 14.8. The lowest BCUT2D eigenvalue weighted by Gasteiger charge is -2.32. The van der Waals surface area contributed by atoms with Crippen LogP contribution in [0.25, 0.3) is 0 Å². The topological polar surface area (TPSA) is 103 Å². The van der Waals surface area contributed by atoms with E-state index >= 15 is 0 Å². The monoisotopic (exact) mass is 289 g/mol. The number of carbonyl (C=O) groups excluding carboxylic acids is 1. The zero-order valence-corrected chi connectivity index (χ0v) is 11.5. The van der Waals surface area contributed by atoms with Crippen LogP contribution in [-0.4, -0.2) is 48.1 Å². The van der Waals surface area contributed by atoms with Crippen molar-refractivity contribution >= 4 is 11.9 Å². The zero-order chi connectivity index (χ0) is 15.4. The molecule has 0 radical (unpaired) electrons. The number of carboxylic acid groups (broad SMARTS) is 1. The normalized spacial score (nSPS) is 18.7. The quantitative estimate of drug-likeness (QED) is 0.805. The van der Waals surface area contributed by atoms with E-state index in [1.165, 1.54) is 7.11 Å². The molecule has 7 heteroatoms. The second-order valence-electron chi connectivity index (χ2n) is 4.70. The molecule has 21 heavy (non-hydrogen) atoms. The van der Waals surface area contributed by atoms with E-state index in [0.29, 0.717) is 16.9 Å². The maximum absolute atomic E-state index is 11.5. The number of carbonyl (C=O) groups is 2. The van der Waals surface area contributed by atoms with Crippen LogP contribution in [0.4, 0.5) is 0 Å². The van der Waals surface area contributed by atoms with E-state index < -0.39 is 12.0 Å².